The van der Waals surface area contributed by atoms with Gasteiger partial charge in [0.2, 0.25) is 0 Å². The van der Waals surface area contributed by atoms with Crippen LogP contribution >= 0.6 is 0 Å². The zero-order chi connectivity index (χ0) is 13.1. The minimum Gasteiger partial charge on any atom is -0.384 e. The Kier molecular flexibility index (Phi) is 3.57. The number of nitrogens with one attached hydrogen (secondary N) is 2. The Morgan fingerprint density at radius 3 is 2.94 bits per heavy atom. The highest BCUT2D eigenvalue weighted by atomic mass is 16.1. The third-order valence-electron chi connectivity index (χ3n) is 3.21. The summed E-state index contributed by atoms with van der Waals surface area (Å²) in [5.74, 6) is 2.75. The van der Waals surface area contributed by atoms with E-state index in [9.17, 15) is 4.79 Å². The van der Waals surface area contributed by atoms with Gasteiger partial charge in [-0.25, -0.2) is 0 Å². The van der Waals surface area contributed by atoms with Crippen molar-refractivity contribution in [1.29, 1.82) is 0 Å². The molecule has 0 aromatic heterocycles. The van der Waals surface area contributed by atoms with E-state index in [1.54, 1.807) is 0 Å². The molecule has 0 spiro atoms. The zero-order valence-electron chi connectivity index (χ0n) is 10.8. The van der Waals surface area contributed by atoms with Gasteiger partial charge in [-0.2, -0.15) is 0 Å². The van der Waals surface area contributed by atoms with Crippen LogP contribution in [0.25, 0.3) is 0 Å². The van der Waals surface area contributed by atoms with Crippen LogP contribution in [0.3, 0.4) is 0 Å². The van der Waals surface area contributed by atoms with Gasteiger partial charge >= 0.3 is 0 Å². The molecule has 94 valence electrons. The largest absolute Gasteiger partial charge is 0.384 e. The molecule has 0 saturated carbocycles. The summed E-state index contributed by atoms with van der Waals surface area (Å²) in [5.41, 5.74) is 3.01. The van der Waals surface area contributed by atoms with Crippen LogP contribution in [0.4, 0.5) is 5.69 Å². The van der Waals surface area contributed by atoms with E-state index in [0.717, 1.165) is 18.7 Å². The van der Waals surface area contributed by atoms with Gasteiger partial charge in [0, 0.05) is 17.8 Å². The maximum absolute atomic E-state index is 12.1. The van der Waals surface area contributed by atoms with Crippen molar-refractivity contribution in [2.24, 2.45) is 5.92 Å². The lowest BCUT2D eigenvalue weighted by Crippen LogP contribution is -2.37. The third-order valence-corrected chi connectivity index (χ3v) is 3.21. The number of terminal acetylenes is 1. The molecule has 18 heavy (non-hydrogen) atoms. The Hall–Kier alpha value is -1.95. The molecule has 2 rings (SSSR count). The summed E-state index contributed by atoms with van der Waals surface area (Å²) in [6, 6.07) is 5.51. The summed E-state index contributed by atoms with van der Waals surface area (Å²) < 4.78 is 0. The number of rotatable bonds is 3. The van der Waals surface area contributed by atoms with Crippen LogP contribution in [0, 0.1) is 18.3 Å². The Morgan fingerprint density at radius 1 is 1.50 bits per heavy atom. The Bertz CT molecular complexity index is 500. The molecule has 3 nitrogen and oxygen atoms in total. The van der Waals surface area contributed by atoms with Crippen LogP contribution in [0.2, 0.25) is 0 Å². The molecule has 1 heterocycles. The molecule has 1 aliphatic rings. The molecule has 0 radical (unpaired) electrons. The number of hydrogen-bond acceptors (Lipinski definition) is 2. The molecule has 0 fully saturated rings. The monoisotopic (exact) mass is 242 g/mol. The molecule has 1 aromatic carbocycles. The van der Waals surface area contributed by atoms with Crippen molar-refractivity contribution in [3.8, 4) is 12.3 Å². The highest BCUT2D eigenvalue weighted by Gasteiger charge is 2.17. The Balaban J connectivity index is 2.12. The minimum atomic E-state index is -0.219. The lowest BCUT2D eigenvalue weighted by molar-refractivity contribution is 0.0938. The van der Waals surface area contributed by atoms with E-state index in [0.29, 0.717) is 5.56 Å². The van der Waals surface area contributed by atoms with Gasteiger partial charge in [0.1, 0.15) is 0 Å². The zero-order valence-corrected chi connectivity index (χ0v) is 10.8. The van der Waals surface area contributed by atoms with Gasteiger partial charge in [0.05, 0.1) is 6.04 Å². The number of fused-ring (bicyclic) bond motifs is 1. The van der Waals surface area contributed by atoms with E-state index in [-0.39, 0.29) is 17.9 Å². The Labute approximate surface area is 108 Å². The predicted molar refractivity (Wildman–Crippen MR) is 73.6 cm³/mol. The van der Waals surface area contributed by atoms with E-state index >= 15 is 0 Å². The lowest BCUT2D eigenvalue weighted by atomic mass is 10.0. The molecular formula is C15H18N2O. The van der Waals surface area contributed by atoms with Crippen molar-refractivity contribution in [2.45, 2.75) is 26.3 Å². The number of carbonyl (C=O) groups is 1. The molecule has 1 unspecified atom stereocenters. The van der Waals surface area contributed by atoms with E-state index in [4.69, 9.17) is 6.42 Å². The molecule has 1 aromatic rings. The van der Waals surface area contributed by atoms with E-state index in [2.05, 4.69) is 16.6 Å². The van der Waals surface area contributed by atoms with E-state index in [1.807, 2.05) is 32.0 Å². The first-order valence-corrected chi connectivity index (χ1v) is 6.25. The highest BCUT2D eigenvalue weighted by Crippen LogP contribution is 2.23. The van der Waals surface area contributed by atoms with Gasteiger partial charge in [0.15, 0.2) is 0 Å². The number of anilines is 1. The van der Waals surface area contributed by atoms with Crippen LogP contribution in [0.5, 0.6) is 0 Å². The summed E-state index contributed by atoms with van der Waals surface area (Å²) in [6.45, 7) is 4.94. The quantitative estimate of drug-likeness (QED) is 0.796. The van der Waals surface area contributed by atoms with Crippen molar-refractivity contribution < 1.29 is 4.79 Å². The molecule has 3 heteroatoms. The molecule has 0 saturated heterocycles. The molecule has 1 aliphatic heterocycles. The first kappa shape index (κ1) is 12.5. The van der Waals surface area contributed by atoms with Crippen LogP contribution < -0.4 is 10.6 Å². The molecule has 0 aliphatic carbocycles. The highest BCUT2D eigenvalue weighted by molar-refractivity contribution is 5.95. The van der Waals surface area contributed by atoms with Crippen molar-refractivity contribution >= 4 is 11.6 Å². The van der Waals surface area contributed by atoms with Gasteiger partial charge in [-0.1, -0.05) is 19.8 Å². The first-order chi connectivity index (χ1) is 8.61. The van der Waals surface area contributed by atoms with E-state index in [1.165, 1.54) is 5.56 Å². The number of benzene rings is 1. The van der Waals surface area contributed by atoms with Gasteiger partial charge in [-0.15, -0.1) is 6.42 Å². The van der Waals surface area contributed by atoms with Crippen molar-refractivity contribution in [2.75, 3.05) is 11.9 Å². The molecule has 1 amide bonds. The van der Waals surface area contributed by atoms with Crippen LogP contribution in [-0.4, -0.2) is 18.5 Å². The summed E-state index contributed by atoms with van der Waals surface area (Å²) in [7, 11) is 0. The first-order valence-electron chi connectivity index (χ1n) is 6.25. The van der Waals surface area contributed by atoms with Crippen LogP contribution in [0.1, 0.15) is 29.8 Å². The fourth-order valence-electron chi connectivity index (χ4n) is 2.07. The van der Waals surface area contributed by atoms with E-state index < -0.39 is 0 Å². The second-order valence-corrected chi connectivity index (χ2v) is 4.91. The van der Waals surface area contributed by atoms with Crippen LogP contribution in [-0.2, 0) is 6.42 Å². The fourth-order valence-corrected chi connectivity index (χ4v) is 2.07. The summed E-state index contributed by atoms with van der Waals surface area (Å²) >= 11 is 0. The lowest BCUT2D eigenvalue weighted by Gasteiger charge is -2.16. The Morgan fingerprint density at radius 2 is 2.28 bits per heavy atom. The maximum Gasteiger partial charge on any atom is 0.252 e. The van der Waals surface area contributed by atoms with Gasteiger partial charge in [0.25, 0.3) is 5.91 Å². The molecule has 0 bridgehead atoms. The number of hydrogen-bond donors (Lipinski definition) is 2. The van der Waals surface area contributed by atoms with Crippen molar-refractivity contribution in [1.82, 2.24) is 5.32 Å². The van der Waals surface area contributed by atoms with Gasteiger partial charge in [-0.05, 0) is 36.1 Å². The topological polar surface area (TPSA) is 41.1 Å². The minimum absolute atomic E-state index is 0.0960. The third kappa shape index (κ3) is 2.48. The second kappa shape index (κ2) is 5.14. The fraction of sp³-hybridized carbons (Fsp3) is 0.400. The SMILES string of the molecule is C#CC(NC(=O)c1ccc2c(c1)CCN2)C(C)C. The normalized spacial score (nSPS) is 14.6. The average Bonchev–Trinajstić information content (AvgIpc) is 2.82. The number of amides is 1. The second-order valence-electron chi connectivity index (χ2n) is 4.91. The summed E-state index contributed by atoms with van der Waals surface area (Å²) in [5, 5.41) is 6.15. The number of carbonyl (C=O) groups excluding carboxylic acids is 1. The molecular weight excluding hydrogens is 224 g/mol. The van der Waals surface area contributed by atoms with Gasteiger partial charge < -0.3 is 10.6 Å². The van der Waals surface area contributed by atoms with Crippen molar-refractivity contribution in [3.63, 3.8) is 0 Å². The van der Waals surface area contributed by atoms with Gasteiger partial charge in [-0.3, -0.25) is 4.79 Å². The summed E-state index contributed by atoms with van der Waals surface area (Å²) in [4.78, 5) is 12.1. The molecule has 2 N–H and O–H groups in total. The standard InChI is InChI=1S/C15H18N2O/c1-4-13(10(2)3)17-15(18)12-5-6-14-11(9-12)7-8-16-14/h1,5-6,9-10,13,16H,7-8H2,2-3H3,(H,17,18). The summed E-state index contributed by atoms with van der Waals surface area (Å²) in [6.07, 6.45) is 6.39. The van der Waals surface area contributed by atoms with Crippen molar-refractivity contribution in [3.05, 3.63) is 29.3 Å². The predicted octanol–water partition coefficient (Wildman–Crippen LogP) is 2.04. The average molecular weight is 242 g/mol. The smallest absolute Gasteiger partial charge is 0.252 e. The molecule has 1 atom stereocenters. The maximum atomic E-state index is 12.1. The van der Waals surface area contributed by atoms with Crippen LogP contribution in [0.15, 0.2) is 18.2 Å².